The first-order valence-electron chi connectivity index (χ1n) is 12.0. The van der Waals surface area contributed by atoms with E-state index in [2.05, 4.69) is 47.9 Å². The fourth-order valence-electron chi connectivity index (χ4n) is 4.74. The number of aromatic nitrogens is 3. The van der Waals surface area contributed by atoms with Gasteiger partial charge in [-0.15, -0.1) is 5.10 Å². The average molecular weight is 434 g/mol. The molecule has 1 N–H and O–H groups in total. The molecule has 170 valence electrons. The molecule has 0 spiro atoms. The summed E-state index contributed by atoms with van der Waals surface area (Å²) in [7, 11) is 0. The topological polar surface area (TPSA) is 56.9 Å². The second-order valence-corrected chi connectivity index (χ2v) is 10.3. The van der Waals surface area contributed by atoms with Gasteiger partial charge >= 0.3 is 0 Å². The lowest BCUT2D eigenvalue weighted by Gasteiger charge is -2.33. The van der Waals surface area contributed by atoms with Crippen molar-refractivity contribution in [2.45, 2.75) is 71.4 Å². The number of anilines is 2. The zero-order valence-corrected chi connectivity index (χ0v) is 19.8. The van der Waals surface area contributed by atoms with Gasteiger partial charge in [0.1, 0.15) is 0 Å². The number of imidazole rings is 1. The van der Waals surface area contributed by atoms with Crippen LogP contribution in [0.4, 0.5) is 11.5 Å². The van der Waals surface area contributed by atoms with Crippen molar-refractivity contribution in [2.24, 2.45) is 0 Å². The molecule has 0 bridgehead atoms. The number of fused-ring (bicyclic) bond motifs is 1. The molecule has 1 aliphatic heterocycles. The van der Waals surface area contributed by atoms with E-state index >= 15 is 0 Å². The fraction of sp³-hybridized carbons (Fsp3) is 0.538. The van der Waals surface area contributed by atoms with Crippen LogP contribution in [0, 0.1) is 13.8 Å². The largest absolute Gasteiger partial charge is 0.389 e. The van der Waals surface area contributed by atoms with Gasteiger partial charge in [0.05, 0.1) is 23.2 Å². The van der Waals surface area contributed by atoms with Crippen molar-refractivity contribution in [1.29, 1.82) is 0 Å². The number of rotatable bonds is 6. The highest BCUT2D eigenvalue weighted by atomic mass is 16.3. The van der Waals surface area contributed by atoms with Crippen LogP contribution in [0.2, 0.25) is 0 Å². The van der Waals surface area contributed by atoms with Crippen LogP contribution in [0.1, 0.15) is 57.1 Å². The standard InChI is InChI=1S/C26H35N5O/c1-18-8-9-20(14-19(18)2)23-16-27-25-22(30(21-10-11-21)17-26(3,4)32)15-24(28-31(23)25)29-12-6-5-7-13-29/h8-9,14-16,21,32H,5-7,10-13,17H2,1-4H3. The van der Waals surface area contributed by atoms with E-state index in [0.717, 1.165) is 54.3 Å². The lowest BCUT2D eigenvalue weighted by molar-refractivity contribution is 0.0869. The monoisotopic (exact) mass is 433 g/mol. The molecular formula is C26H35N5O. The van der Waals surface area contributed by atoms with E-state index in [1.165, 1.54) is 30.4 Å². The molecule has 3 heterocycles. The molecule has 6 nitrogen and oxygen atoms in total. The summed E-state index contributed by atoms with van der Waals surface area (Å²) in [6.07, 6.45) is 7.98. The Morgan fingerprint density at radius 3 is 2.47 bits per heavy atom. The number of piperidine rings is 1. The second-order valence-electron chi connectivity index (χ2n) is 10.3. The maximum absolute atomic E-state index is 10.7. The van der Waals surface area contributed by atoms with Crippen molar-refractivity contribution < 1.29 is 5.11 Å². The molecule has 1 aliphatic carbocycles. The van der Waals surface area contributed by atoms with Gasteiger partial charge in [0, 0.05) is 37.3 Å². The number of nitrogens with zero attached hydrogens (tertiary/aromatic N) is 5. The van der Waals surface area contributed by atoms with E-state index in [4.69, 9.17) is 10.1 Å². The Morgan fingerprint density at radius 2 is 1.81 bits per heavy atom. The molecule has 0 atom stereocenters. The van der Waals surface area contributed by atoms with Gasteiger partial charge in [-0.1, -0.05) is 12.1 Å². The molecule has 0 amide bonds. The summed E-state index contributed by atoms with van der Waals surface area (Å²) >= 11 is 0. The Balaban J connectivity index is 1.68. The Labute approximate surface area is 190 Å². The van der Waals surface area contributed by atoms with Crippen LogP contribution in [0.5, 0.6) is 0 Å². The third-order valence-electron chi connectivity index (χ3n) is 6.77. The Kier molecular flexibility index (Phi) is 5.36. The van der Waals surface area contributed by atoms with Gasteiger partial charge in [-0.05, 0) is 77.0 Å². The molecule has 5 rings (SSSR count). The molecule has 1 saturated heterocycles. The molecule has 3 aromatic rings. The second kappa shape index (κ2) is 8.07. The van der Waals surface area contributed by atoms with Gasteiger partial charge in [-0.2, -0.15) is 0 Å². The van der Waals surface area contributed by atoms with Gasteiger partial charge < -0.3 is 14.9 Å². The van der Waals surface area contributed by atoms with Crippen molar-refractivity contribution in [3.05, 3.63) is 41.6 Å². The lowest BCUT2D eigenvalue weighted by Crippen LogP contribution is -2.40. The first kappa shape index (κ1) is 21.3. The van der Waals surface area contributed by atoms with Crippen molar-refractivity contribution in [1.82, 2.24) is 14.6 Å². The summed E-state index contributed by atoms with van der Waals surface area (Å²) in [6.45, 7) is 10.7. The SMILES string of the molecule is Cc1ccc(-c2cnc3c(N(CC(C)(C)O)C4CC4)cc(N4CCCCC4)nn23)cc1C. The third-order valence-corrected chi connectivity index (χ3v) is 6.77. The predicted octanol–water partition coefficient (Wildman–Crippen LogP) is 4.74. The number of hydrogen-bond donors (Lipinski definition) is 1. The molecule has 0 radical (unpaired) electrons. The third kappa shape index (κ3) is 4.20. The van der Waals surface area contributed by atoms with Crippen LogP contribution >= 0.6 is 0 Å². The molecule has 1 saturated carbocycles. The Hall–Kier alpha value is -2.60. The number of benzene rings is 1. The van der Waals surface area contributed by atoms with Gasteiger partial charge in [0.15, 0.2) is 11.5 Å². The maximum Gasteiger partial charge on any atom is 0.177 e. The van der Waals surface area contributed by atoms with Crippen molar-refractivity contribution >= 4 is 17.2 Å². The summed E-state index contributed by atoms with van der Waals surface area (Å²) < 4.78 is 2.03. The summed E-state index contributed by atoms with van der Waals surface area (Å²) in [4.78, 5) is 9.62. The molecule has 0 unspecified atom stereocenters. The maximum atomic E-state index is 10.7. The lowest BCUT2D eigenvalue weighted by atomic mass is 10.0. The Bertz CT molecular complexity index is 1120. The number of hydrogen-bond acceptors (Lipinski definition) is 5. The fourth-order valence-corrected chi connectivity index (χ4v) is 4.74. The predicted molar refractivity (Wildman–Crippen MR) is 131 cm³/mol. The summed E-state index contributed by atoms with van der Waals surface area (Å²) in [5.74, 6) is 1.01. The number of aryl methyl sites for hydroxylation is 2. The van der Waals surface area contributed by atoms with E-state index in [9.17, 15) is 5.11 Å². The zero-order chi connectivity index (χ0) is 22.5. The van der Waals surface area contributed by atoms with E-state index in [0.29, 0.717) is 12.6 Å². The van der Waals surface area contributed by atoms with Gasteiger partial charge in [0.2, 0.25) is 0 Å². The minimum Gasteiger partial charge on any atom is -0.389 e. The minimum atomic E-state index is -0.780. The van der Waals surface area contributed by atoms with E-state index < -0.39 is 5.60 Å². The summed E-state index contributed by atoms with van der Waals surface area (Å²) in [5, 5.41) is 15.8. The molecular weight excluding hydrogens is 398 g/mol. The van der Waals surface area contributed by atoms with Crippen LogP contribution in [0.25, 0.3) is 16.9 Å². The van der Waals surface area contributed by atoms with Crippen LogP contribution in [0.15, 0.2) is 30.5 Å². The highest BCUT2D eigenvalue weighted by molar-refractivity contribution is 5.77. The molecule has 2 aliphatic rings. The zero-order valence-electron chi connectivity index (χ0n) is 19.8. The van der Waals surface area contributed by atoms with Crippen LogP contribution in [-0.4, -0.2) is 51.0 Å². The highest BCUT2D eigenvalue weighted by Gasteiger charge is 2.35. The van der Waals surface area contributed by atoms with Crippen molar-refractivity contribution in [3.8, 4) is 11.3 Å². The summed E-state index contributed by atoms with van der Waals surface area (Å²) in [6, 6.07) is 9.23. The highest BCUT2D eigenvalue weighted by Crippen LogP contribution is 2.38. The molecule has 2 fully saturated rings. The van der Waals surface area contributed by atoms with Gasteiger partial charge in [-0.25, -0.2) is 9.50 Å². The average Bonchev–Trinajstić information content (AvgIpc) is 3.52. The number of aliphatic hydroxyl groups is 1. The van der Waals surface area contributed by atoms with Crippen LogP contribution in [-0.2, 0) is 0 Å². The molecule has 2 aromatic heterocycles. The molecule has 1 aromatic carbocycles. The van der Waals surface area contributed by atoms with Gasteiger partial charge in [0.25, 0.3) is 0 Å². The molecule has 6 heteroatoms. The van der Waals surface area contributed by atoms with Crippen molar-refractivity contribution in [3.63, 3.8) is 0 Å². The quantitative estimate of drug-likeness (QED) is 0.608. The van der Waals surface area contributed by atoms with Crippen LogP contribution < -0.4 is 9.80 Å². The first-order chi connectivity index (χ1) is 15.3. The molecule has 32 heavy (non-hydrogen) atoms. The van der Waals surface area contributed by atoms with E-state index in [-0.39, 0.29) is 0 Å². The van der Waals surface area contributed by atoms with Gasteiger partial charge in [-0.3, -0.25) is 0 Å². The Morgan fingerprint density at radius 1 is 1.06 bits per heavy atom. The van der Waals surface area contributed by atoms with Crippen LogP contribution in [0.3, 0.4) is 0 Å². The summed E-state index contributed by atoms with van der Waals surface area (Å²) in [5.41, 5.74) is 5.88. The normalized spacial score (nSPS) is 17.2. The van der Waals surface area contributed by atoms with Crippen molar-refractivity contribution in [2.75, 3.05) is 29.4 Å². The van der Waals surface area contributed by atoms with E-state index in [1.807, 2.05) is 24.6 Å². The first-order valence-corrected chi connectivity index (χ1v) is 12.0. The minimum absolute atomic E-state index is 0.462. The smallest absolute Gasteiger partial charge is 0.177 e. The van der Waals surface area contributed by atoms with E-state index in [1.54, 1.807) is 0 Å².